The highest BCUT2D eigenvalue weighted by molar-refractivity contribution is 8.00. The molecule has 0 radical (unpaired) electrons. The number of nitrogens with zero attached hydrogens (tertiary/aromatic N) is 1. The summed E-state index contributed by atoms with van der Waals surface area (Å²) < 4.78 is 0. The highest BCUT2D eigenvalue weighted by Gasteiger charge is 2.26. The molecule has 1 N–H and O–H groups in total. The van der Waals surface area contributed by atoms with Crippen molar-refractivity contribution < 1.29 is 9.59 Å². The lowest BCUT2D eigenvalue weighted by atomic mass is 10.0. The van der Waals surface area contributed by atoms with Gasteiger partial charge in [0.15, 0.2) is 0 Å². The van der Waals surface area contributed by atoms with E-state index in [-0.39, 0.29) is 24.4 Å². The molecule has 1 fully saturated rings. The van der Waals surface area contributed by atoms with E-state index in [1.807, 2.05) is 18.2 Å². The van der Waals surface area contributed by atoms with Crippen LogP contribution in [0.1, 0.15) is 18.0 Å². The van der Waals surface area contributed by atoms with E-state index in [0.29, 0.717) is 16.7 Å². The Bertz CT molecular complexity index is 582. The van der Waals surface area contributed by atoms with Crippen molar-refractivity contribution in [1.29, 1.82) is 0 Å². The molecule has 3 rings (SSSR count). The Balaban J connectivity index is 1.67. The number of rotatable bonds is 3. The van der Waals surface area contributed by atoms with Crippen LogP contribution in [0.15, 0.2) is 23.1 Å². The van der Waals surface area contributed by atoms with E-state index >= 15 is 0 Å². The Morgan fingerprint density at radius 3 is 3.10 bits per heavy atom. The molecule has 112 valence electrons. The van der Waals surface area contributed by atoms with E-state index in [4.69, 9.17) is 11.6 Å². The zero-order chi connectivity index (χ0) is 14.8. The van der Waals surface area contributed by atoms with Gasteiger partial charge >= 0.3 is 0 Å². The van der Waals surface area contributed by atoms with Gasteiger partial charge in [-0.3, -0.25) is 9.59 Å². The minimum atomic E-state index is -0.103. The third kappa shape index (κ3) is 3.49. The van der Waals surface area contributed by atoms with Crippen LogP contribution in [0.2, 0.25) is 5.02 Å². The second kappa shape index (κ2) is 6.50. The zero-order valence-electron chi connectivity index (χ0n) is 11.3. The molecule has 2 aliphatic heterocycles. The summed E-state index contributed by atoms with van der Waals surface area (Å²) in [5.74, 6) is 1.99. The van der Waals surface area contributed by atoms with E-state index in [2.05, 4.69) is 5.32 Å². The average molecular weight is 343 g/mol. The van der Waals surface area contributed by atoms with Crippen molar-refractivity contribution >= 4 is 46.9 Å². The summed E-state index contributed by atoms with van der Waals surface area (Å²) in [6.45, 7) is 0.144. The number of fused-ring (bicyclic) bond motifs is 1. The number of benzene rings is 1. The maximum atomic E-state index is 12.2. The number of nitrogens with one attached hydrogen (secondary N) is 1. The first-order valence-corrected chi connectivity index (χ1v) is 9.22. The molecule has 0 aliphatic carbocycles. The monoisotopic (exact) mass is 342 g/mol. The van der Waals surface area contributed by atoms with Gasteiger partial charge < -0.3 is 10.2 Å². The molecule has 4 nitrogen and oxygen atoms in total. The van der Waals surface area contributed by atoms with E-state index in [9.17, 15) is 9.59 Å². The summed E-state index contributed by atoms with van der Waals surface area (Å²) in [5, 5.41) is 3.72. The number of carbonyl (C=O) groups excluding carboxylic acids is 2. The molecule has 2 heterocycles. The van der Waals surface area contributed by atoms with Gasteiger partial charge in [0.2, 0.25) is 11.8 Å². The molecule has 21 heavy (non-hydrogen) atoms. The first-order valence-electron chi connectivity index (χ1n) is 6.70. The highest BCUT2D eigenvalue weighted by atomic mass is 35.5. The standard InChI is InChI=1S/C14H15ClN2O2S2/c15-9-1-2-12-10(5-9)11(3-4-21-12)16-13(18)6-17-8-20-7-14(17)19/h1-2,5,11H,3-4,6-8H2,(H,16,18)/t11-/m0/s1. The van der Waals surface area contributed by atoms with Gasteiger partial charge in [-0.1, -0.05) is 11.6 Å². The van der Waals surface area contributed by atoms with Crippen LogP contribution in [0.4, 0.5) is 0 Å². The Morgan fingerprint density at radius 2 is 2.33 bits per heavy atom. The van der Waals surface area contributed by atoms with Crippen LogP contribution in [-0.4, -0.2) is 40.6 Å². The molecule has 2 aliphatic rings. The van der Waals surface area contributed by atoms with Gasteiger partial charge in [0, 0.05) is 15.7 Å². The summed E-state index contributed by atoms with van der Waals surface area (Å²) in [6, 6.07) is 5.78. The van der Waals surface area contributed by atoms with Gasteiger partial charge in [0.05, 0.1) is 17.7 Å². The van der Waals surface area contributed by atoms with Gasteiger partial charge in [-0.2, -0.15) is 0 Å². The number of thioether (sulfide) groups is 2. The summed E-state index contributed by atoms with van der Waals surface area (Å²) in [4.78, 5) is 26.5. The molecule has 0 aromatic heterocycles. The molecule has 0 spiro atoms. The fraction of sp³-hybridized carbons (Fsp3) is 0.429. The number of halogens is 1. The predicted molar refractivity (Wildman–Crippen MR) is 86.7 cm³/mol. The molecule has 1 aromatic rings. The highest BCUT2D eigenvalue weighted by Crippen LogP contribution is 2.37. The lowest BCUT2D eigenvalue weighted by Gasteiger charge is -2.27. The molecule has 1 atom stereocenters. The second-order valence-electron chi connectivity index (χ2n) is 5.01. The van der Waals surface area contributed by atoms with E-state index < -0.39 is 0 Å². The molecule has 0 saturated carbocycles. The Labute approximate surface area is 137 Å². The van der Waals surface area contributed by atoms with Crippen molar-refractivity contribution in [2.45, 2.75) is 17.4 Å². The molecule has 1 aromatic carbocycles. The SMILES string of the molecule is O=C(CN1CSCC1=O)N[C@H]1CCSc2ccc(Cl)cc21. The third-order valence-electron chi connectivity index (χ3n) is 3.51. The van der Waals surface area contributed by atoms with Crippen molar-refractivity contribution in [2.75, 3.05) is 23.9 Å². The lowest BCUT2D eigenvalue weighted by molar-refractivity contribution is -0.132. The second-order valence-corrected chi connectivity index (χ2v) is 7.54. The van der Waals surface area contributed by atoms with Crippen LogP contribution in [0.5, 0.6) is 0 Å². The molecule has 7 heteroatoms. The van der Waals surface area contributed by atoms with E-state index in [1.54, 1.807) is 28.4 Å². The van der Waals surface area contributed by atoms with Gasteiger partial charge in [0.25, 0.3) is 0 Å². The third-order valence-corrected chi connectivity index (χ3v) is 5.81. The first kappa shape index (κ1) is 15.1. The van der Waals surface area contributed by atoms with Gasteiger partial charge in [-0.15, -0.1) is 23.5 Å². The van der Waals surface area contributed by atoms with Gasteiger partial charge in [0.1, 0.15) is 6.54 Å². The van der Waals surface area contributed by atoms with Crippen molar-refractivity contribution in [1.82, 2.24) is 10.2 Å². The van der Waals surface area contributed by atoms with Crippen LogP contribution >= 0.6 is 35.1 Å². The fourth-order valence-corrected chi connectivity index (χ4v) is 4.66. The van der Waals surface area contributed by atoms with Crippen molar-refractivity contribution in [3.05, 3.63) is 28.8 Å². The van der Waals surface area contributed by atoms with Gasteiger partial charge in [-0.25, -0.2) is 0 Å². The molecule has 0 unspecified atom stereocenters. The first-order chi connectivity index (χ1) is 10.1. The maximum absolute atomic E-state index is 12.2. The topological polar surface area (TPSA) is 49.4 Å². The van der Waals surface area contributed by atoms with Crippen molar-refractivity contribution in [2.24, 2.45) is 0 Å². The summed E-state index contributed by atoms with van der Waals surface area (Å²) >= 11 is 9.39. The maximum Gasteiger partial charge on any atom is 0.240 e. The molecular formula is C14H15ClN2O2S2. The van der Waals surface area contributed by atoms with E-state index in [1.165, 1.54) is 4.90 Å². The van der Waals surface area contributed by atoms with Crippen molar-refractivity contribution in [3.63, 3.8) is 0 Å². The smallest absolute Gasteiger partial charge is 0.240 e. The number of hydrogen-bond donors (Lipinski definition) is 1. The van der Waals surface area contributed by atoms with E-state index in [0.717, 1.165) is 17.7 Å². The average Bonchev–Trinajstić information content (AvgIpc) is 2.85. The van der Waals surface area contributed by atoms with Crippen LogP contribution in [0, 0.1) is 0 Å². The Hall–Kier alpha value is -0.850. The predicted octanol–water partition coefficient (Wildman–Crippen LogP) is 2.53. The van der Waals surface area contributed by atoms with Crippen LogP contribution < -0.4 is 5.32 Å². The minimum Gasteiger partial charge on any atom is -0.348 e. The molecule has 1 saturated heterocycles. The number of carbonyl (C=O) groups is 2. The van der Waals surface area contributed by atoms with Crippen LogP contribution in [0.3, 0.4) is 0 Å². The largest absolute Gasteiger partial charge is 0.348 e. The Kier molecular flexibility index (Phi) is 4.66. The molecular weight excluding hydrogens is 328 g/mol. The number of hydrogen-bond acceptors (Lipinski definition) is 4. The van der Waals surface area contributed by atoms with Gasteiger partial charge in [-0.05, 0) is 30.2 Å². The van der Waals surface area contributed by atoms with Crippen LogP contribution in [-0.2, 0) is 9.59 Å². The summed E-state index contributed by atoms with van der Waals surface area (Å²) in [6.07, 6.45) is 0.881. The number of amides is 2. The lowest BCUT2D eigenvalue weighted by Crippen LogP contribution is -2.40. The normalized spacial score (nSPS) is 21.3. The summed E-state index contributed by atoms with van der Waals surface area (Å²) in [5.41, 5.74) is 1.08. The summed E-state index contributed by atoms with van der Waals surface area (Å²) in [7, 11) is 0. The quantitative estimate of drug-likeness (QED) is 0.917. The minimum absolute atomic E-state index is 0.0159. The zero-order valence-corrected chi connectivity index (χ0v) is 13.7. The molecule has 0 bridgehead atoms. The van der Waals surface area contributed by atoms with Crippen LogP contribution in [0.25, 0.3) is 0 Å². The molecule has 2 amide bonds. The Morgan fingerprint density at radius 1 is 1.48 bits per heavy atom. The van der Waals surface area contributed by atoms with Crippen molar-refractivity contribution in [3.8, 4) is 0 Å². The fourth-order valence-electron chi connectivity index (χ4n) is 2.47.